The molecule has 0 spiro atoms. The number of ether oxygens (including phenoxy) is 2. The van der Waals surface area contributed by atoms with Crippen molar-refractivity contribution in [3.63, 3.8) is 0 Å². The predicted octanol–water partition coefficient (Wildman–Crippen LogP) is 3.82. The van der Waals surface area contributed by atoms with Crippen molar-refractivity contribution in [2.75, 3.05) is 17.9 Å². The van der Waals surface area contributed by atoms with Gasteiger partial charge in [-0.3, -0.25) is 0 Å². The molecular formula is C17H20N2O3S. The fourth-order valence-electron chi connectivity index (χ4n) is 1.89. The Balaban J connectivity index is 1.92. The molecule has 2 aromatic carbocycles. The van der Waals surface area contributed by atoms with Crippen LogP contribution in [0.1, 0.15) is 12.5 Å². The average molecular weight is 332 g/mol. The Morgan fingerprint density at radius 1 is 1.13 bits per heavy atom. The van der Waals surface area contributed by atoms with Gasteiger partial charge < -0.3 is 9.47 Å². The standard InChI is InChI=1S/C17H20N2O3S/c1-3-21-17(20)19(18)14-6-8-15(9-7-14)22-12-13-4-10-16(23-2)11-5-13/h4-11H,3,12,18H2,1-2H3. The van der Waals surface area contributed by atoms with E-state index in [9.17, 15) is 4.79 Å². The van der Waals surface area contributed by atoms with E-state index in [0.717, 1.165) is 10.6 Å². The topological polar surface area (TPSA) is 64.8 Å². The van der Waals surface area contributed by atoms with Crippen molar-refractivity contribution in [1.29, 1.82) is 0 Å². The number of rotatable bonds is 6. The van der Waals surface area contributed by atoms with Crippen LogP contribution in [0.5, 0.6) is 5.75 Å². The Morgan fingerprint density at radius 3 is 2.35 bits per heavy atom. The van der Waals surface area contributed by atoms with Gasteiger partial charge in [0.1, 0.15) is 12.4 Å². The Morgan fingerprint density at radius 2 is 1.78 bits per heavy atom. The van der Waals surface area contributed by atoms with Gasteiger partial charge in [-0.25, -0.2) is 15.6 Å². The summed E-state index contributed by atoms with van der Waals surface area (Å²) < 4.78 is 10.6. The van der Waals surface area contributed by atoms with Crippen molar-refractivity contribution in [1.82, 2.24) is 0 Å². The summed E-state index contributed by atoms with van der Waals surface area (Å²) in [4.78, 5) is 12.8. The van der Waals surface area contributed by atoms with Gasteiger partial charge in [0.05, 0.1) is 12.3 Å². The van der Waals surface area contributed by atoms with Crippen molar-refractivity contribution < 1.29 is 14.3 Å². The summed E-state index contributed by atoms with van der Waals surface area (Å²) in [6.07, 6.45) is 1.46. The van der Waals surface area contributed by atoms with E-state index in [1.807, 2.05) is 18.4 Å². The minimum absolute atomic E-state index is 0.281. The fraction of sp³-hybridized carbons (Fsp3) is 0.235. The van der Waals surface area contributed by atoms with Crippen LogP contribution in [0, 0.1) is 0 Å². The minimum Gasteiger partial charge on any atom is -0.489 e. The number of hydrogen-bond donors (Lipinski definition) is 1. The number of amides is 1. The SMILES string of the molecule is CCOC(=O)N(N)c1ccc(OCc2ccc(SC)cc2)cc1. The first-order valence-corrected chi connectivity index (χ1v) is 8.44. The molecule has 0 saturated carbocycles. The number of nitrogens with two attached hydrogens (primary N) is 1. The van der Waals surface area contributed by atoms with Crippen LogP contribution in [0.3, 0.4) is 0 Å². The van der Waals surface area contributed by atoms with Gasteiger partial charge in [0, 0.05) is 4.90 Å². The van der Waals surface area contributed by atoms with Gasteiger partial charge in [-0.15, -0.1) is 11.8 Å². The normalized spacial score (nSPS) is 10.2. The van der Waals surface area contributed by atoms with Crippen molar-refractivity contribution in [3.05, 3.63) is 54.1 Å². The molecule has 0 saturated heterocycles. The first-order valence-electron chi connectivity index (χ1n) is 7.21. The van der Waals surface area contributed by atoms with Crippen LogP contribution in [0.2, 0.25) is 0 Å². The molecule has 1 amide bonds. The molecule has 5 nitrogen and oxygen atoms in total. The van der Waals surface area contributed by atoms with Crippen molar-refractivity contribution in [3.8, 4) is 5.75 Å². The molecule has 2 rings (SSSR count). The van der Waals surface area contributed by atoms with Gasteiger partial charge in [0.2, 0.25) is 0 Å². The van der Waals surface area contributed by atoms with Crippen LogP contribution in [-0.2, 0) is 11.3 Å². The minimum atomic E-state index is -0.588. The summed E-state index contributed by atoms with van der Waals surface area (Å²) in [6.45, 7) is 2.50. The second kappa shape index (κ2) is 8.45. The van der Waals surface area contributed by atoms with Crippen LogP contribution in [0.25, 0.3) is 0 Å². The summed E-state index contributed by atoms with van der Waals surface area (Å²) in [5.74, 6) is 6.39. The molecule has 0 aliphatic heterocycles. The van der Waals surface area contributed by atoms with E-state index in [2.05, 4.69) is 12.1 Å². The lowest BCUT2D eigenvalue weighted by molar-refractivity contribution is 0.160. The second-order valence-corrected chi connectivity index (χ2v) is 5.58. The number of carbonyl (C=O) groups excluding carboxylic acids is 1. The molecule has 0 aromatic heterocycles. The van der Waals surface area contributed by atoms with Crippen molar-refractivity contribution >= 4 is 23.5 Å². The van der Waals surface area contributed by atoms with Crippen LogP contribution in [0.15, 0.2) is 53.4 Å². The molecule has 2 N–H and O–H groups in total. The first kappa shape index (κ1) is 17.2. The lowest BCUT2D eigenvalue weighted by Gasteiger charge is -2.16. The molecule has 0 unspecified atom stereocenters. The lowest BCUT2D eigenvalue weighted by Crippen LogP contribution is -2.37. The Kier molecular flexibility index (Phi) is 6.31. The van der Waals surface area contributed by atoms with E-state index in [0.29, 0.717) is 18.0 Å². The highest BCUT2D eigenvalue weighted by Gasteiger charge is 2.12. The number of nitrogens with zero attached hydrogens (tertiary/aromatic N) is 1. The van der Waals surface area contributed by atoms with Crippen LogP contribution in [0.4, 0.5) is 10.5 Å². The van der Waals surface area contributed by atoms with Crippen molar-refractivity contribution in [2.24, 2.45) is 5.84 Å². The zero-order valence-corrected chi connectivity index (χ0v) is 14.0. The molecule has 0 heterocycles. The monoisotopic (exact) mass is 332 g/mol. The molecule has 0 radical (unpaired) electrons. The van der Waals surface area contributed by atoms with Gasteiger partial charge in [0.25, 0.3) is 0 Å². The fourth-order valence-corrected chi connectivity index (χ4v) is 2.30. The van der Waals surface area contributed by atoms with E-state index in [-0.39, 0.29) is 6.61 Å². The Hall–Kier alpha value is -2.18. The number of hydrogen-bond acceptors (Lipinski definition) is 5. The van der Waals surface area contributed by atoms with E-state index < -0.39 is 6.09 Å². The molecule has 2 aromatic rings. The van der Waals surface area contributed by atoms with E-state index in [1.54, 1.807) is 43.0 Å². The maximum atomic E-state index is 11.5. The molecule has 0 atom stereocenters. The second-order valence-electron chi connectivity index (χ2n) is 4.70. The molecule has 6 heteroatoms. The molecule has 122 valence electrons. The maximum absolute atomic E-state index is 11.5. The van der Waals surface area contributed by atoms with Crippen molar-refractivity contribution in [2.45, 2.75) is 18.4 Å². The summed E-state index contributed by atoms with van der Waals surface area (Å²) in [6, 6.07) is 15.2. The number of anilines is 1. The number of carbonyl (C=O) groups is 1. The van der Waals surface area contributed by atoms with Gasteiger partial charge in [-0.1, -0.05) is 12.1 Å². The number of benzene rings is 2. The number of thioether (sulfide) groups is 1. The van der Waals surface area contributed by atoms with Gasteiger partial charge in [-0.2, -0.15) is 0 Å². The highest BCUT2D eigenvalue weighted by atomic mass is 32.2. The lowest BCUT2D eigenvalue weighted by atomic mass is 10.2. The quantitative estimate of drug-likeness (QED) is 0.377. The molecule has 0 aliphatic rings. The summed E-state index contributed by atoms with van der Waals surface area (Å²) in [7, 11) is 0. The largest absolute Gasteiger partial charge is 0.489 e. The average Bonchev–Trinajstić information content (AvgIpc) is 2.60. The third-order valence-electron chi connectivity index (χ3n) is 3.14. The zero-order chi connectivity index (χ0) is 16.7. The molecule has 0 fully saturated rings. The third kappa shape index (κ3) is 4.91. The van der Waals surface area contributed by atoms with Gasteiger partial charge >= 0.3 is 6.09 Å². The zero-order valence-electron chi connectivity index (χ0n) is 13.2. The number of hydrazine groups is 1. The predicted molar refractivity (Wildman–Crippen MR) is 92.7 cm³/mol. The van der Waals surface area contributed by atoms with Crippen LogP contribution >= 0.6 is 11.8 Å². The first-order chi connectivity index (χ1) is 11.1. The Bertz CT molecular complexity index is 629. The van der Waals surface area contributed by atoms with Crippen LogP contribution in [-0.4, -0.2) is 19.0 Å². The van der Waals surface area contributed by atoms with Crippen LogP contribution < -0.4 is 15.6 Å². The highest BCUT2D eigenvalue weighted by molar-refractivity contribution is 7.98. The molecule has 0 bridgehead atoms. The Labute approximate surface area is 140 Å². The van der Waals surface area contributed by atoms with E-state index in [1.165, 1.54) is 4.90 Å². The van der Waals surface area contributed by atoms with E-state index >= 15 is 0 Å². The highest BCUT2D eigenvalue weighted by Crippen LogP contribution is 2.20. The smallest absolute Gasteiger partial charge is 0.428 e. The maximum Gasteiger partial charge on any atom is 0.428 e. The summed E-state index contributed by atoms with van der Waals surface area (Å²) in [5.41, 5.74) is 1.64. The third-order valence-corrected chi connectivity index (χ3v) is 3.89. The molecular weight excluding hydrogens is 312 g/mol. The van der Waals surface area contributed by atoms with Gasteiger partial charge in [-0.05, 0) is 55.1 Å². The van der Waals surface area contributed by atoms with E-state index in [4.69, 9.17) is 15.3 Å². The van der Waals surface area contributed by atoms with Gasteiger partial charge in [0.15, 0.2) is 0 Å². The molecule has 0 aliphatic carbocycles. The molecule has 23 heavy (non-hydrogen) atoms. The summed E-state index contributed by atoms with van der Waals surface area (Å²) >= 11 is 1.71. The summed E-state index contributed by atoms with van der Waals surface area (Å²) in [5, 5.41) is 0.967.